The van der Waals surface area contributed by atoms with Gasteiger partial charge < -0.3 is 16.0 Å². The molecule has 0 aromatic heterocycles. The van der Waals surface area contributed by atoms with Gasteiger partial charge in [0, 0.05) is 32.7 Å². The van der Waals surface area contributed by atoms with Gasteiger partial charge in [0.2, 0.25) is 11.8 Å². The van der Waals surface area contributed by atoms with E-state index in [0.717, 1.165) is 52.0 Å². The quantitative estimate of drug-likeness (QED) is 0.584. The first kappa shape index (κ1) is 13.3. The van der Waals surface area contributed by atoms with Crippen LogP contribution in [0.1, 0.15) is 19.3 Å². The molecule has 6 heteroatoms. The minimum absolute atomic E-state index is 0.0406. The van der Waals surface area contributed by atoms with Gasteiger partial charge in [-0.15, -0.1) is 0 Å². The number of nitrogens with zero attached hydrogens (tertiary/aromatic N) is 1. The van der Waals surface area contributed by atoms with Gasteiger partial charge >= 0.3 is 0 Å². The fourth-order valence-electron chi connectivity index (χ4n) is 2.39. The van der Waals surface area contributed by atoms with Crippen molar-refractivity contribution in [2.24, 2.45) is 0 Å². The predicted molar refractivity (Wildman–Crippen MR) is 68.1 cm³/mol. The Morgan fingerprint density at radius 2 is 2.06 bits per heavy atom. The van der Waals surface area contributed by atoms with E-state index in [-0.39, 0.29) is 17.9 Å². The number of carbonyl (C=O) groups excluding carboxylic acids is 2. The number of hydrogen-bond acceptors (Lipinski definition) is 4. The van der Waals surface area contributed by atoms with Crippen molar-refractivity contribution in [3.8, 4) is 0 Å². The van der Waals surface area contributed by atoms with E-state index < -0.39 is 0 Å². The van der Waals surface area contributed by atoms with Gasteiger partial charge in [-0.3, -0.25) is 14.5 Å². The molecule has 0 aliphatic carbocycles. The zero-order chi connectivity index (χ0) is 12.8. The first-order valence-electron chi connectivity index (χ1n) is 6.76. The van der Waals surface area contributed by atoms with E-state index in [4.69, 9.17) is 0 Å². The van der Waals surface area contributed by atoms with Crippen LogP contribution in [0.25, 0.3) is 0 Å². The summed E-state index contributed by atoms with van der Waals surface area (Å²) >= 11 is 0. The third-order valence-corrected chi connectivity index (χ3v) is 3.45. The summed E-state index contributed by atoms with van der Waals surface area (Å²) in [5.74, 6) is -0.0832. The highest BCUT2D eigenvalue weighted by molar-refractivity contribution is 5.88. The summed E-state index contributed by atoms with van der Waals surface area (Å²) in [5, 5.41) is 8.92. The van der Waals surface area contributed by atoms with E-state index in [1.54, 1.807) is 0 Å². The Labute approximate surface area is 107 Å². The molecule has 0 bridgehead atoms. The lowest BCUT2D eigenvalue weighted by Gasteiger charge is -2.27. The van der Waals surface area contributed by atoms with E-state index >= 15 is 0 Å². The predicted octanol–water partition coefficient (Wildman–Crippen LogP) is -1.32. The average molecular weight is 254 g/mol. The van der Waals surface area contributed by atoms with Crippen molar-refractivity contribution in [2.45, 2.75) is 25.3 Å². The number of amides is 2. The number of piperazine rings is 1. The Hall–Kier alpha value is -1.14. The van der Waals surface area contributed by atoms with Gasteiger partial charge in [0.15, 0.2) is 0 Å². The molecule has 0 radical (unpaired) electrons. The molecule has 2 saturated heterocycles. The summed E-state index contributed by atoms with van der Waals surface area (Å²) in [7, 11) is 0. The Morgan fingerprint density at radius 3 is 2.83 bits per heavy atom. The summed E-state index contributed by atoms with van der Waals surface area (Å²) in [6, 6.07) is -0.345. The number of rotatable bonds is 3. The van der Waals surface area contributed by atoms with Gasteiger partial charge in [0.1, 0.15) is 6.04 Å². The summed E-state index contributed by atoms with van der Waals surface area (Å²) < 4.78 is 0. The molecule has 2 aliphatic rings. The summed E-state index contributed by atoms with van der Waals surface area (Å²) in [6.07, 6.45) is 2.73. The molecule has 2 aliphatic heterocycles. The topological polar surface area (TPSA) is 73.5 Å². The smallest absolute Gasteiger partial charge is 0.242 e. The largest absolute Gasteiger partial charge is 0.354 e. The van der Waals surface area contributed by atoms with Crippen LogP contribution in [-0.4, -0.2) is 62.0 Å². The third kappa shape index (κ3) is 3.96. The molecule has 2 amide bonds. The van der Waals surface area contributed by atoms with Crippen LogP contribution in [0.5, 0.6) is 0 Å². The molecule has 0 aromatic rings. The average Bonchev–Trinajstić information content (AvgIpc) is 2.56. The van der Waals surface area contributed by atoms with E-state index in [2.05, 4.69) is 20.9 Å². The SMILES string of the molecule is O=C(CN1CCNCC1)NC1CCCCNC1=O. The maximum atomic E-state index is 11.9. The molecular formula is C12H22N4O2. The van der Waals surface area contributed by atoms with Crippen molar-refractivity contribution in [3.63, 3.8) is 0 Å². The van der Waals surface area contributed by atoms with Crippen molar-refractivity contribution in [2.75, 3.05) is 39.3 Å². The molecule has 1 unspecified atom stereocenters. The van der Waals surface area contributed by atoms with Crippen LogP contribution in [0.3, 0.4) is 0 Å². The van der Waals surface area contributed by atoms with Crippen LogP contribution in [0, 0.1) is 0 Å². The second kappa shape index (κ2) is 6.70. The second-order valence-corrected chi connectivity index (χ2v) is 4.93. The van der Waals surface area contributed by atoms with Crippen molar-refractivity contribution in [3.05, 3.63) is 0 Å². The van der Waals surface area contributed by atoms with E-state index in [0.29, 0.717) is 6.54 Å². The lowest BCUT2D eigenvalue weighted by molar-refractivity contribution is -0.129. The highest BCUT2D eigenvalue weighted by atomic mass is 16.2. The molecule has 0 spiro atoms. The van der Waals surface area contributed by atoms with Gasteiger partial charge in [-0.2, -0.15) is 0 Å². The molecule has 3 N–H and O–H groups in total. The normalized spacial score (nSPS) is 26.2. The molecule has 102 valence electrons. The van der Waals surface area contributed by atoms with E-state index in [9.17, 15) is 9.59 Å². The zero-order valence-electron chi connectivity index (χ0n) is 10.7. The number of hydrogen-bond donors (Lipinski definition) is 3. The number of nitrogens with one attached hydrogen (secondary N) is 3. The van der Waals surface area contributed by atoms with Crippen LogP contribution >= 0.6 is 0 Å². The first-order chi connectivity index (χ1) is 8.75. The van der Waals surface area contributed by atoms with Crippen molar-refractivity contribution < 1.29 is 9.59 Å². The van der Waals surface area contributed by atoms with Crippen LogP contribution in [0.4, 0.5) is 0 Å². The summed E-state index contributed by atoms with van der Waals surface area (Å²) in [5.41, 5.74) is 0. The van der Waals surface area contributed by atoms with Crippen LogP contribution in [-0.2, 0) is 9.59 Å². The molecular weight excluding hydrogens is 232 g/mol. The maximum Gasteiger partial charge on any atom is 0.242 e. The number of carbonyl (C=O) groups is 2. The third-order valence-electron chi connectivity index (χ3n) is 3.45. The molecule has 2 fully saturated rings. The Bertz CT molecular complexity index is 302. The fraction of sp³-hybridized carbons (Fsp3) is 0.833. The van der Waals surface area contributed by atoms with E-state index in [1.807, 2.05) is 0 Å². The van der Waals surface area contributed by atoms with Gasteiger partial charge in [0.05, 0.1) is 6.54 Å². The summed E-state index contributed by atoms with van der Waals surface area (Å²) in [4.78, 5) is 25.7. The fourth-order valence-corrected chi connectivity index (χ4v) is 2.39. The van der Waals surface area contributed by atoms with Crippen molar-refractivity contribution >= 4 is 11.8 Å². The first-order valence-corrected chi connectivity index (χ1v) is 6.76. The monoisotopic (exact) mass is 254 g/mol. The minimum Gasteiger partial charge on any atom is -0.354 e. The Balaban J connectivity index is 1.76. The maximum absolute atomic E-state index is 11.9. The molecule has 1 atom stereocenters. The second-order valence-electron chi connectivity index (χ2n) is 4.93. The van der Waals surface area contributed by atoms with Gasteiger partial charge in [-0.25, -0.2) is 0 Å². The molecule has 0 saturated carbocycles. The van der Waals surface area contributed by atoms with Gasteiger partial charge in [0.25, 0.3) is 0 Å². The van der Waals surface area contributed by atoms with Gasteiger partial charge in [-0.05, 0) is 19.3 Å². The van der Waals surface area contributed by atoms with Crippen LogP contribution in [0.2, 0.25) is 0 Å². The molecule has 2 heterocycles. The molecule has 18 heavy (non-hydrogen) atoms. The summed E-state index contributed by atoms with van der Waals surface area (Å²) in [6.45, 7) is 4.76. The Morgan fingerprint density at radius 1 is 1.28 bits per heavy atom. The molecule has 2 rings (SSSR count). The van der Waals surface area contributed by atoms with Gasteiger partial charge in [-0.1, -0.05) is 0 Å². The minimum atomic E-state index is -0.345. The molecule has 6 nitrogen and oxygen atoms in total. The lowest BCUT2D eigenvalue weighted by Crippen LogP contribution is -2.51. The lowest BCUT2D eigenvalue weighted by atomic mass is 10.1. The Kier molecular flexibility index (Phi) is 4.95. The van der Waals surface area contributed by atoms with Crippen LogP contribution in [0.15, 0.2) is 0 Å². The van der Waals surface area contributed by atoms with Crippen molar-refractivity contribution in [1.29, 1.82) is 0 Å². The zero-order valence-corrected chi connectivity index (χ0v) is 10.7. The van der Waals surface area contributed by atoms with Crippen molar-refractivity contribution in [1.82, 2.24) is 20.9 Å². The molecule has 0 aromatic carbocycles. The van der Waals surface area contributed by atoms with Crippen LogP contribution < -0.4 is 16.0 Å². The highest BCUT2D eigenvalue weighted by Crippen LogP contribution is 2.05. The van der Waals surface area contributed by atoms with E-state index in [1.165, 1.54) is 0 Å². The highest BCUT2D eigenvalue weighted by Gasteiger charge is 2.23. The standard InChI is InChI=1S/C12H22N4O2/c17-11(9-16-7-5-13-6-8-16)15-10-3-1-2-4-14-12(10)18/h10,13H,1-9H2,(H,14,18)(H,15,17).